The molecule has 4 N–H and O–H groups in total. The van der Waals surface area contributed by atoms with Crippen molar-refractivity contribution >= 4 is 17.6 Å². The summed E-state index contributed by atoms with van der Waals surface area (Å²) in [6.45, 7) is 7.84. The monoisotopic (exact) mass is 606 g/mol. The Labute approximate surface area is 259 Å². The molecule has 3 aromatic rings. The van der Waals surface area contributed by atoms with Gasteiger partial charge in [-0.2, -0.15) is 0 Å². The number of carbonyl (C=O) groups excluding carboxylic acids is 2. The number of esters is 1. The van der Waals surface area contributed by atoms with E-state index in [1.807, 2.05) is 39.0 Å². The van der Waals surface area contributed by atoms with Crippen LogP contribution in [-0.4, -0.2) is 54.6 Å². The first-order valence-electron chi connectivity index (χ1n) is 15.5. The van der Waals surface area contributed by atoms with E-state index in [9.17, 15) is 18.4 Å². The van der Waals surface area contributed by atoms with Gasteiger partial charge >= 0.3 is 5.97 Å². The molecular formula is C35H44F2N4O3. The second-order valence-corrected chi connectivity index (χ2v) is 11.7. The molecule has 44 heavy (non-hydrogen) atoms. The summed E-state index contributed by atoms with van der Waals surface area (Å²) in [7, 11) is 0. The van der Waals surface area contributed by atoms with Crippen LogP contribution in [0.1, 0.15) is 76.9 Å². The molecule has 7 nitrogen and oxygen atoms in total. The van der Waals surface area contributed by atoms with E-state index in [0.717, 1.165) is 35.7 Å². The van der Waals surface area contributed by atoms with Crippen molar-refractivity contribution in [2.24, 2.45) is 5.73 Å². The number of ether oxygens (including phenoxy) is 1. The minimum absolute atomic E-state index is 0.0929. The molecule has 4 rings (SSSR count). The Bertz CT molecular complexity index is 1400. The zero-order chi connectivity index (χ0) is 31.6. The summed E-state index contributed by atoms with van der Waals surface area (Å²) in [6.07, 6.45) is 3.28. The molecule has 1 aliphatic carbocycles. The minimum Gasteiger partial charge on any atom is -0.456 e. The Morgan fingerprint density at radius 2 is 1.64 bits per heavy atom. The number of hydrogen-bond acceptors (Lipinski definition) is 6. The molecule has 0 aromatic heterocycles. The van der Waals surface area contributed by atoms with Crippen molar-refractivity contribution in [3.8, 4) is 0 Å². The standard InChI is InChI=1S/C35H44F2N4O3/c1-4-11-41(12-5-2)34(42)26-13-23(3)14-27(19-26)35(43)44-33(32(38)18-25-15-28(36)20-29(37)16-25)22-39-21-24-7-6-8-31(17-24)40-30-9-10-30/h6-8,13-17,19-20,30,32-33,39-40H,4-5,9-12,18,21-22,38H2,1-3H3/t32-,33+/m0/s1. The number of benzene rings is 3. The lowest BCUT2D eigenvalue weighted by Crippen LogP contribution is -2.46. The lowest BCUT2D eigenvalue weighted by Gasteiger charge is -2.25. The third kappa shape index (κ3) is 9.86. The number of nitrogens with zero attached hydrogens (tertiary/aromatic N) is 1. The number of halogens is 2. The minimum atomic E-state index is -0.821. The van der Waals surface area contributed by atoms with Crippen LogP contribution in [-0.2, 0) is 17.7 Å². The molecule has 1 aliphatic rings. The molecule has 9 heteroatoms. The Kier molecular flexibility index (Phi) is 11.9. The second kappa shape index (κ2) is 15.8. The second-order valence-electron chi connectivity index (χ2n) is 11.7. The molecule has 0 saturated heterocycles. The molecule has 2 atom stereocenters. The number of aryl methyl sites for hydroxylation is 1. The van der Waals surface area contributed by atoms with Crippen molar-refractivity contribution in [2.75, 3.05) is 25.0 Å². The van der Waals surface area contributed by atoms with Gasteiger partial charge in [0, 0.05) is 55.6 Å². The fraction of sp³-hybridized carbons (Fsp3) is 0.429. The molecule has 0 bridgehead atoms. The summed E-state index contributed by atoms with van der Waals surface area (Å²) in [6, 6.07) is 16.2. The molecule has 1 fully saturated rings. The van der Waals surface area contributed by atoms with E-state index in [4.69, 9.17) is 10.5 Å². The zero-order valence-electron chi connectivity index (χ0n) is 25.9. The first-order valence-corrected chi connectivity index (χ1v) is 15.5. The molecule has 0 radical (unpaired) electrons. The van der Waals surface area contributed by atoms with E-state index in [0.29, 0.717) is 36.8 Å². The van der Waals surface area contributed by atoms with Gasteiger partial charge in [-0.05, 0) is 98.2 Å². The largest absolute Gasteiger partial charge is 0.456 e. The van der Waals surface area contributed by atoms with Crippen molar-refractivity contribution in [1.29, 1.82) is 0 Å². The highest BCUT2D eigenvalue weighted by molar-refractivity contribution is 5.98. The van der Waals surface area contributed by atoms with Gasteiger partial charge in [-0.1, -0.05) is 26.0 Å². The maximum atomic E-state index is 13.9. The lowest BCUT2D eigenvalue weighted by molar-refractivity contribution is 0.0238. The van der Waals surface area contributed by atoms with Gasteiger partial charge in [0.2, 0.25) is 0 Å². The fourth-order valence-corrected chi connectivity index (χ4v) is 5.27. The zero-order valence-corrected chi connectivity index (χ0v) is 25.9. The number of anilines is 1. The van der Waals surface area contributed by atoms with Crippen molar-refractivity contribution in [2.45, 2.75) is 77.6 Å². The molecular weight excluding hydrogens is 562 g/mol. The maximum absolute atomic E-state index is 13.9. The molecule has 0 heterocycles. The van der Waals surface area contributed by atoms with Gasteiger partial charge < -0.3 is 26.0 Å². The summed E-state index contributed by atoms with van der Waals surface area (Å²) in [4.78, 5) is 28.6. The predicted molar refractivity (Wildman–Crippen MR) is 170 cm³/mol. The Hall–Kier alpha value is -3.82. The van der Waals surface area contributed by atoms with Gasteiger partial charge in [-0.15, -0.1) is 0 Å². The highest BCUT2D eigenvalue weighted by Gasteiger charge is 2.25. The maximum Gasteiger partial charge on any atom is 0.338 e. The fourth-order valence-electron chi connectivity index (χ4n) is 5.27. The SMILES string of the molecule is CCCN(CCC)C(=O)c1cc(C)cc(C(=O)O[C@H](CNCc2cccc(NC3CC3)c2)[C@@H](N)Cc2cc(F)cc(F)c2)c1. The number of nitrogens with one attached hydrogen (secondary N) is 2. The van der Waals surface area contributed by atoms with Crippen LogP contribution in [0.5, 0.6) is 0 Å². The number of hydrogen-bond donors (Lipinski definition) is 3. The summed E-state index contributed by atoms with van der Waals surface area (Å²) >= 11 is 0. The topological polar surface area (TPSA) is 96.7 Å². The third-order valence-electron chi connectivity index (χ3n) is 7.51. The van der Waals surface area contributed by atoms with E-state index in [-0.39, 0.29) is 24.4 Å². The Morgan fingerprint density at radius 3 is 2.30 bits per heavy atom. The summed E-state index contributed by atoms with van der Waals surface area (Å²) in [5.74, 6) is -2.15. The summed E-state index contributed by atoms with van der Waals surface area (Å²) < 4.78 is 33.7. The van der Waals surface area contributed by atoms with Gasteiger partial charge in [-0.3, -0.25) is 4.79 Å². The molecule has 0 unspecified atom stereocenters. The molecule has 1 amide bonds. The average Bonchev–Trinajstić information content (AvgIpc) is 3.79. The van der Waals surface area contributed by atoms with Crippen LogP contribution in [0, 0.1) is 18.6 Å². The van der Waals surface area contributed by atoms with Crippen LogP contribution >= 0.6 is 0 Å². The van der Waals surface area contributed by atoms with Gasteiger partial charge in [0.15, 0.2) is 0 Å². The number of carbonyl (C=O) groups is 2. The van der Waals surface area contributed by atoms with E-state index in [2.05, 4.69) is 16.7 Å². The summed E-state index contributed by atoms with van der Waals surface area (Å²) in [5.41, 5.74) is 10.4. The molecule has 0 aliphatic heterocycles. The quantitative estimate of drug-likeness (QED) is 0.173. The average molecular weight is 607 g/mol. The van der Waals surface area contributed by atoms with E-state index in [1.165, 1.54) is 25.0 Å². The number of amides is 1. The van der Waals surface area contributed by atoms with Crippen LogP contribution < -0.4 is 16.4 Å². The third-order valence-corrected chi connectivity index (χ3v) is 7.51. The molecule has 3 aromatic carbocycles. The summed E-state index contributed by atoms with van der Waals surface area (Å²) in [5, 5.41) is 6.82. The highest BCUT2D eigenvalue weighted by atomic mass is 19.1. The van der Waals surface area contributed by atoms with E-state index in [1.54, 1.807) is 23.1 Å². The van der Waals surface area contributed by atoms with Gasteiger partial charge in [0.25, 0.3) is 5.91 Å². The van der Waals surface area contributed by atoms with Crippen molar-refractivity contribution in [1.82, 2.24) is 10.2 Å². The predicted octanol–water partition coefficient (Wildman–Crippen LogP) is 5.99. The van der Waals surface area contributed by atoms with E-state index >= 15 is 0 Å². The van der Waals surface area contributed by atoms with Gasteiger partial charge in [0.05, 0.1) is 5.56 Å². The first kappa shape index (κ1) is 33.1. The first-order chi connectivity index (χ1) is 21.1. The normalized spacial score (nSPS) is 14.1. The number of nitrogens with two attached hydrogens (primary N) is 1. The highest BCUT2D eigenvalue weighted by Crippen LogP contribution is 2.25. The van der Waals surface area contributed by atoms with Gasteiger partial charge in [0.1, 0.15) is 17.7 Å². The van der Waals surface area contributed by atoms with Crippen molar-refractivity contribution in [3.05, 3.63) is 100 Å². The number of rotatable bonds is 16. The molecule has 1 saturated carbocycles. The van der Waals surface area contributed by atoms with Gasteiger partial charge in [-0.25, -0.2) is 13.6 Å². The van der Waals surface area contributed by atoms with Crippen LogP contribution in [0.25, 0.3) is 0 Å². The molecule has 236 valence electrons. The van der Waals surface area contributed by atoms with E-state index < -0.39 is 29.7 Å². The van der Waals surface area contributed by atoms with Crippen molar-refractivity contribution in [3.63, 3.8) is 0 Å². The van der Waals surface area contributed by atoms with Crippen LogP contribution in [0.3, 0.4) is 0 Å². The Balaban J connectivity index is 1.50. The van der Waals surface area contributed by atoms with Crippen LogP contribution in [0.15, 0.2) is 60.7 Å². The van der Waals surface area contributed by atoms with Crippen LogP contribution in [0.2, 0.25) is 0 Å². The molecule has 0 spiro atoms. The van der Waals surface area contributed by atoms with Crippen molar-refractivity contribution < 1.29 is 23.1 Å². The van der Waals surface area contributed by atoms with Crippen LogP contribution in [0.4, 0.5) is 14.5 Å². The lowest BCUT2D eigenvalue weighted by atomic mass is 10.0. The Morgan fingerprint density at radius 1 is 0.955 bits per heavy atom. The smallest absolute Gasteiger partial charge is 0.338 e.